The molecule has 0 aromatic heterocycles. The van der Waals surface area contributed by atoms with E-state index in [2.05, 4.69) is 21.2 Å². The highest BCUT2D eigenvalue weighted by molar-refractivity contribution is 9.10. The Kier molecular flexibility index (Phi) is 4.16. The summed E-state index contributed by atoms with van der Waals surface area (Å²) in [6.45, 7) is 0. The lowest BCUT2D eigenvalue weighted by Crippen LogP contribution is -2.15. The maximum Gasteiger partial charge on any atom is 0.228 e. The zero-order valence-corrected chi connectivity index (χ0v) is 11.6. The standard InChI is InChI=1S/C14H12BrFN2O/c15-10-3-1-9(2-4-10)7-14(19)18-13-8-11(16)5-6-12(13)17/h1-6,8H,7,17H2,(H,18,19). The normalized spacial score (nSPS) is 10.2. The molecule has 0 radical (unpaired) electrons. The predicted octanol–water partition coefficient (Wildman–Crippen LogP) is 3.35. The second-order valence-electron chi connectivity index (χ2n) is 4.08. The van der Waals surface area contributed by atoms with Crippen LogP contribution in [0.15, 0.2) is 46.9 Å². The van der Waals surface area contributed by atoms with Crippen LogP contribution >= 0.6 is 15.9 Å². The number of benzene rings is 2. The fourth-order valence-electron chi connectivity index (χ4n) is 1.62. The van der Waals surface area contributed by atoms with Gasteiger partial charge in [0.25, 0.3) is 0 Å². The van der Waals surface area contributed by atoms with E-state index in [0.717, 1.165) is 10.0 Å². The highest BCUT2D eigenvalue weighted by Crippen LogP contribution is 2.19. The summed E-state index contributed by atoms with van der Waals surface area (Å²) in [5.74, 6) is -0.673. The molecular formula is C14H12BrFN2O. The second kappa shape index (κ2) is 5.84. The van der Waals surface area contributed by atoms with Crippen LogP contribution in [0.1, 0.15) is 5.56 Å². The van der Waals surface area contributed by atoms with Crippen LogP contribution in [-0.4, -0.2) is 5.91 Å². The van der Waals surface area contributed by atoms with Gasteiger partial charge in [-0.25, -0.2) is 4.39 Å². The molecule has 0 aliphatic carbocycles. The minimum atomic E-state index is -0.437. The summed E-state index contributed by atoms with van der Waals surface area (Å²) < 4.78 is 14.0. The van der Waals surface area contributed by atoms with E-state index in [9.17, 15) is 9.18 Å². The first-order valence-electron chi connectivity index (χ1n) is 5.64. The van der Waals surface area contributed by atoms with Gasteiger partial charge in [-0.15, -0.1) is 0 Å². The number of nitrogens with one attached hydrogen (secondary N) is 1. The molecule has 0 unspecified atom stereocenters. The van der Waals surface area contributed by atoms with Gasteiger partial charge in [0.15, 0.2) is 0 Å². The molecule has 0 saturated heterocycles. The third-order valence-corrected chi connectivity index (χ3v) is 3.10. The number of nitrogen functional groups attached to an aromatic ring is 1. The Morgan fingerprint density at radius 3 is 2.58 bits per heavy atom. The highest BCUT2D eigenvalue weighted by atomic mass is 79.9. The van der Waals surface area contributed by atoms with E-state index in [1.165, 1.54) is 18.2 Å². The van der Waals surface area contributed by atoms with Gasteiger partial charge in [-0.05, 0) is 35.9 Å². The molecule has 0 aliphatic rings. The summed E-state index contributed by atoms with van der Waals surface area (Å²) in [6, 6.07) is 11.3. The predicted molar refractivity (Wildman–Crippen MR) is 77.3 cm³/mol. The van der Waals surface area contributed by atoms with Crippen LogP contribution in [0.3, 0.4) is 0 Å². The first kappa shape index (κ1) is 13.5. The minimum absolute atomic E-state index is 0.212. The minimum Gasteiger partial charge on any atom is -0.397 e. The van der Waals surface area contributed by atoms with Crippen LogP contribution in [0.25, 0.3) is 0 Å². The van der Waals surface area contributed by atoms with Crippen LogP contribution in [0.2, 0.25) is 0 Å². The third kappa shape index (κ3) is 3.79. The molecule has 0 aliphatic heterocycles. The van der Waals surface area contributed by atoms with Crippen LogP contribution in [0, 0.1) is 5.82 Å². The van der Waals surface area contributed by atoms with Gasteiger partial charge in [0.2, 0.25) is 5.91 Å². The molecule has 0 saturated carbocycles. The molecule has 2 aromatic rings. The van der Waals surface area contributed by atoms with E-state index in [1.807, 2.05) is 24.3 Å². The van der Waals surface area contributed by atoms with Gasteiger partial charge in [0, 0.05) is 4.47 Å². The van der Waals surface area contributed by atoms with Crippen molar-refractivity contribution in [3.8, 4) is 0 Å². The van der Waals surface area contributed by atoms with Gasteiger partial charge >= 0.3 is 0 Å². The van der Waals surface area contributed by atoms with Crippen molar-refractivity contribution in [1.29, 1.82) is 0 Å². The molecule has 0 atom stereocenters. The maximum absolute atomic E-state index is 13.1. The Hall–Kier alpha value is -1.88. The van der Waals surface area contributed by atoms with Crippen molar-refractivity contribution < 1.29 is 9.18 Å². The van der Waals surface area contributed by atoms with E-state index in [-0.39, 0.29) is 12.3 Å². The summed E-state index contributed by atoms with van der Waals surface area (Å²) >= 11 is 3.32. The first-order chi connectivity index (χ1) is 9.04. The van der Waals surface area contributed by atoms with Crippen LogP contribution in [-0.2, 0) is 11.2 Å². The van der Waals surface area contributed by atoms with Crippen molar-refractivity contribution in [2.24, 2.45) is 0 Å². The van der Waals surface area contributed by atoms with Crippen molar-refractivity contribution >= 4 is 33.2 Å². The number of amides is 1. The molecule has 3 N–H and O–H groups in total. The topological polar surface area (TPSA) is 55.1 Å². The van der Waals surface area contributed by atoms with Gasteiger partial charge < -0.3 is 11.1 Å². The maximum atomic E-state index is 13.1. The lowest BCUT2D eigenvalue weighted by atomic mass is 10.1. The average Bonchev–Trinajstić information content (AvgIpc) is 2.37. The number of hydrogen-bond acceptors (Lipinski definition) is 2. The van der Waals surface area contributed by atoms with Crippen molar-refractivity contribution in [2.75, 3.05) is 11.1 Å². The van der Waals surface area contributed by atoms with Gasteiger partial charge in [0.05, 0.1) is 17.8 Å². The Morgan fingerprint density at radius 2 is 1.89 bits per heavy atom. The summed E-state index contributed by atoms with van der Waals surface area (Å²) in [6.07, 6.45) is 0.212. The van der Waals surface area contributed by atoms with Gasteiger partial charge in [-0.3, -0.25) is 4.79 Å². The molecule has 0 heterocycles. The van der Waals surface area contributed by atoms with Gasteiger partial charge in [-0.2, -0.15) is 0 Å². The molecule has 0 bridgehead atoms. The third-order valence-electron chi connectivity index (χ3n) is 2.57. The number of carbonyl (C=O) groups excluding carboxylic acids is 1. The molecule has 1 amide bonds. The molecular weight excluding hydrogens is 311 g/mol. The lowest BCUT2D eigenvalue weighted by molar-refractivity contribution is -0.115. The smallest absolute Gasteiger partial charge is 0.228 e. The molecule has 19 heavy (non-hydrogen) atoms. The molecule has 2 aromatic carbocycles. The number of nitrogens with two attached hydrogens (primary N) is 1. The molecule has 5 heteroatoms. The molecule has 98 valence electrons. The SMILES string of the molecule is Nc1ccc(F)cc1NC(=O)Cc1ccc(Br)cc1. The van der Waals surface area contributed by atoms with Crippen molar-refractivity contribution in [2.45, 2.75) is 6.42 Å². The number of anilines is 2. The van der Waals surface area contributed by atoms with Gasteiger partial charge in [-0.1, -0.05) is 28.1 Å². The summed E-state index contributed by atoms with van der Waals surface area (Å²) in [7, 11) is 0. The fraction of sp³-hybridized carbons (Fsp3) is 0.0714. The zero-order valence-electron chi connectivity index (χ0n) is 9.99. The zero-order chi connectivity index (χ0) is 13.8. The largest absolute Gasteiger partial charge is 0.397 e. The Labute approximate surface area is 118 Å². The second-order valence-corrected chi connectivity index (χ2v) is 5.00. The highest BCUT2D eigenvalue weighted by Gasteiger charge is 2.07. The Balaban J connectivity index is 2.05. The van der Waals surface area contributed by atoms with Crippen molar-refractivity contribution in [3.63, 3.8) is 0 Å². The lowest BCUT2D eigenvalue weighted by Gasteiger charge is -2.08. The average molecular weight is 323 g/mol. The first-order valence-corrected chi connectivity index (χ1v) is 6.43. The summed E-state index contributed by atoms with van der Waals surface area (Å²) in [5.41, 5.74) is 7.17. The van der Waals surface area contributed by atoms with E-state index < -0.39 is 5.82 Å². The molecule has 3 nitrogen and oxygen atoms in total. The molecule has 0 fully saturated rings. The number of rotatable bonds is 3. The van der Waals surface area contributed by atoms with Crippen LogP contribution in [0.5, 0.6) is 0 Å². The van der Waals surface area contributed by atoms with E-state index in [1.54, 1.807) is 0 Å². The van der Waals surface area contributed by atoms with E-state index in [0.29, 0.717) is 11.4 Å². The molecule has 0 spiro atoms. The molecule has 2 rings (SSSR count). The van der Waals surface area contributed by atoms with Crippen LogP contribution < -0.4 is 11.1 Å². The quantitative estimate of drug-likeness (QED) is 0.851. The summed E-state index contributed by atoms with van der Waals surface area (Å²) in [4.78, 5) is 11.8. The van der Waals surface area contributed by atoms with E-state index >= 15 is 0 Å². The Bertz CT molecular complexity index is 599. The number of halogens is 2. The monoisotopic (exact) mass is 322 g/mol. The van der Waals surface area contributed by atoms with Crippen molar-refractivity contribution in [1.82, 2.24) is 0 Å². The van der Waals surface area contributed by atoms with Gasteiger partial charge in [0.1, 0.15) is 5.82 Å². The Morgan fingerprint density at radius 1 is 1.21 bits per heavy atom. The van der Waals surface area contributed by atoms with Crippen LogP contribution in [0.4, 0.5) is 15.8 Å². The number of carbonyl (C=O) groups is 1. The fourth-order valence-corrected chi connectivity index (χ4v) is 1.88. The van der Waals surface area contributed by atoms with Crippen molar-refractivity contribution in [3.05, 3.63) is 58.3 Å². The number of hydrogen-bond donors (Lipinski definition) is 2. The van der Waals surface area contributed by atoms with E-state index in [4.69, 9.17) is 5.73 Å². The summed E-state index contributed by atoms with van der Waals surface area (Å²) in [5, 5.41) is 2.60.